The fourth-order valence-electron chi connectivity index (χ4n) is 3.27. The van der Waals surface area contributed by atoms with Crippen molar-refractivity contribution in [2.24, 2.45) is 0 Å². The van der Waals surface area contributed by atoms with Crippen LogP contribution in [0, 0.1) is 20.8 Å². The summed E-state index contributed by atoms with van der Waals surface area (Å²) in [4.78, 5) is 0.0778. The first-order chi connectivity index (χ1) is 14.4. The molecule has 31 heavy (non-hydrogen) atoms. The molecule has 0 unspecified atom stereocenters. The third-order valence-electron chi connectivity index (χ3n) is 4.74. The van der Waals surface area contributed by atoms with Crippen LogP contribution in [0.2, 0.25) is 5.02 Å². The maximum absolute atomic E-state index is 12.9. The van der Waals surface area contributed by atoms with Crippen molar-refractivity contribution in [3.05, 3.63) is 58.1 Å². The van der Waals surface area contributed by atoms with Crippen molar-refractivity contribution in [1.82, 2.24) is 24.3 Å². The van der Waals surface area contributed by atoms with Crippen LogP contribution in [0.4, 0.5) is 13.2 Å². The van der Waals surface area contributed by atoms with Crippen LogP contribution >= 0.6 is 11.6 Å². The average molecular weight is 476 g/mol. The number of benzene rings is 1. The largest absolute Gasteiger partial charge is 0.436 e. The van der Waals surface area contributed by atoms with Crippen LogP contribution in [-0.2, 0) is 22.7 Å². The molecule has 12 heteroatoms. The van der Waals surface area contributed by atoms with Crippen molar-refractivity contribution < 1.29 is 21.6 Å². The minimum atomic E-state index is -4.65. The summed E-state index contributed by atoms with van der Waals surface area (Å²) in [6, 6.07) is 9.13. The molecule has 2 aromatic heterocycles. The highest BCUT2D eigenvalue weighted by Crippen LogP contribution is 2.35. The predicted octanol–water partition coefficient (Wildman–Crippen LogP) is 4.03. The van der Waals surface area contributed by atoms with E-state index < -0.39 is 26.9 Å². The molecule has 7 nitrogen and oxygen atoms in total. The normalized spacial score (nSPS) is 12.5. The lowest BCUT2D eigenvalue weighted by Gasteiger charge is -2.09. The average Bonchev–Trinajstić information content (AvgIpc) is 3.16. The van der Waals surface area contributed by atoms with E-state index in [1.54, 1.807) is 18.5 Å². The lowest BCUT2D eigenvalue weighted by atomic mass is 10.3. The van der Waals surface area contributed by atoms with Crippen LogP contribution in [0.1, 0.15) is 29.2 Å². The Morgan fingerprint density at radius 2 is 1.71 bits per heavy atom. The van der Waals surface area contributed by atoms with Crippen molar-refractivity contribution in [3.63, 3.8) is 0 Å². The first-order valence-corrected chi connectivity index (χ1v) is 11.2. The van der Waals surface area contributed by atoms with Gasteiger partial charge in [-0.25, -0.2) is 17.8 Å². The van der Waals surface area contributed by atoms with Gasteiger partial charge < -0.3 is 0 Å². The first kappa shape index (κ1) is 23.3. The van der Waals surface area contributed by atoms with Crippen LogP contribution in [0.25, 0.3) is 5.69 Å². The van der Waals surface area contributed by atoms with Gasteiger partial charge in [0.2, 0.25) is 10.0 Å². The highest BCUT2D eigenvalue weighted by Gasteiger charge is 2.38. The number of para-hydroxylation sites is 1. The van der Waals surface area contributed by atoms with Crippen LogP contribution in [0.15, 0.2) is 35.2 Å². The number of nitrogens with one attached hydrogen (secondary N) is 1. The molecule has 0 amide bonds. The van der Waals surface area contributed by atoms with Gasteiger partial charge in [0.1, 0.15) is 4.90 Å². The second-order valence-corrected chi connectivity index (χ2v) is 9.05. The predicted molar refractivity (Wildman–Crippen MR) is 110 cm³/mol. The Bertz CT molecular complexity index is 1190. The van der Waals surface area contributed by atoms with Crippen LogP contribution < -0.4 is 4.72 Å². The molecule has 0 aliphatic carbocycles. The Balaban J connectivity index is 1.70. The third kappa shape index (κ3) is 4.78. The highest BCUT2D eigenvalue weighted by molar-refractivity contribution is 7.89. The summed E-state index contributed by atoms with van der Waals surface area (Å²) in [5.74, 6) is 0. The zero-order chi connectivity index (χ0) is 23.0. The number of aryl methyl sites for hydroxylation is 2. The van der Waals surface area contributed by atoms with E-state index >= 15 is 0 Å². The van der Waals surface area contributed by atoms with E-state index in [2.05, 4.69) is 14.9 Å². The Labute approximate surface area is 182 Å². The van der Waals surface area contributed by atoms with Gasteiger partial charge in [-0.15, -0.1) is 0 Å². The third-order valence-corrected chi connectivity index (χ3v) is 6.90. The summed E-state index contributed by atoms with van der Waals surface area (Å²) >= 11 is 5.73. The monoisotopic (exact) mass is 475 g/mol. The summed E-state index contributed by atoms with van der Waals surface area (Å²) in [6.45, 7) is 4.78. The van der Waals surface area contributed by atoms with Gasteiger partial charge in [0.25, 0.3) is 0 Å². The zero-order valence-electron chi connectivity index (χ0n) is 17.0. The van der Waals surface area contributed by atoms with Gasteiger partial charge in [-0.1, -0.05) is 29.8 Å². The van der Waals surface area contributed by atoms with E-state index in [0.29, 0.717) is 11.4 Å². The number of hydrogen-bond donors (Lipinski definition) is 1. The minimum absolute atomic E-state index is 0.00992. The summed E-state index contributed by atoms with van der Waals surface area (Å²) < 4.78 is 69.6. The van der Waals surface area contributed by atoms with Crippen LogP contribution in [0.3, 0.4) is 0 Å². The van der Waals surface area contributed by atoms with Crippen molar-refractivity contribution >= 4 is 21.6 Å². The minimum Gasteiger partial charge on any atom is -0.268 e. The fraction of sp³-hybridized carbons (Fsp3) is 0.368. The van der Waals surface area contributed by atoms with Gasteiger partial charge in [0, 0.05) is 13.1 Å². The zero-order valence-corrected chi connectivity index (χ0v) is 18.6. The Hall–Kier alpha value is -2.37. The Morgan fingerprint density at radius 3 is 2.29 bits per heavy atom. The lowest BCUT2D eigenvalue weighted by Crippen LogP contribution is -2.26. The van der Waals surface area contributed by atoms with Gasteiger partial charge in [-0.2, -0.15) is 23.4 Å². The van der Waals surface area contributed by atoms with E-state index in [0.717, 1.165) is 10.4 Å². The van der Waals surface area contributed by atoms with E-state index in [1.165, 1.54) is 6.92 Å². The highest BCUT2D eigenvalue weighted by atomic mass is 35.5. The van der Waals surface area contributed by atoms with Gasteiger partial charge in [0.05, 0.1) is 27.8 Å². The summed E-state index contributed by atoms with van der Waals surface area (Å²) in [5.41, 5.74) is 0.564. The molecule has 0 atom stereocenters. The number of aromatic nitrogens is 4. The molecule has 0 aliphatic rings. The molecule has 3 rings (SSSR count). The topological polar surface area (TPSA) is 81.8 Å². The SMILES string of the molecule is Cc1nn(-c2ccccc2)c(C)c1S(=O)(=O)NCCCn1nc(C(F)(F)F)c(Cl)c1C. The molecule has 0 fully saturated rings. The lowest BCUT2D eigenvalue weighted by molar-refractivity contribution is -0.141. The van der Waals surface area contributed by atoms with Crippen molar-refractivity contribution in [3.8, 4) is 5.69 Å². The molecule has 168 valence electrons. The number of nitrogens with zero attached hydrogens (tertiary/aromatic N) is 4. The number of sulfonamides is 1. The van der Waals surface area contributed by atoms with Gasteiger partial charge >= 0.3 is 6.18 Å². The standard InChI is InChI=1S/C19H21ClF3N5O2S/c1-12-17(14(3)28(25-12)15-8-5-4-6-9-15)31(29,30)24-10-7-11-27-13(2)16(20)18(26-27)19(21,22)23/h4-6,8-9,24H,7,10-11H2,1-3H3. The van der Waals surface area contributed by atoms with Crippen molar-refractivity contribution in [2.45, 2.75) is 44.8 Å². The Kier molecular flexibility index (Phi) is 6.49. The summed E-state index contributed by atoms with van der Waals surface area (Å²) in [7, 11) is -3.87. The quantitative estimate of drug-likeness (QED) is 0.523. The van der Waals surface area contributed by atoms with Gasteiger partial charge in [-0.3, -0.25) is 4.68 Å². The summed E-state index contributed by atoms with van der Waals surface area (Å²) in [5, 5.41) is 7.39. The first-order valence-electron chi connectivity index (χ1n) is 9.35. The Morgan fingerprint density at radius 1 is 1.06 bits per heavy atom. The molecule has 0 radical (unpaired) electrons. The van der Waals surface area contributed by atoms with Crippen molar-refractivity contribution in [1.29, 1.82) is 0 Å². The van der Waals surface area contributed by atoms with Crippen LogP contribution in [-0.4, -0.2) is 34.5 Å². The van der Waals surface area contributed by atoms with Gasteiger partial charge in [0.15, 0.2) is 5.69 Å². The fourth-order valence-corrected chi connectivity index (χ4v) is 4.97. The van der Waals surface area contributed by atoms with Crippen LogP contribution in [0.5, 0.6) is 0 Å². The summed E-state index contributed by atoms with van der Waals surface area (Å²) in [6.07, 6.45) is -4.43. The number of halogens is 4. The van der Waals surface area contributed by atoms with E-state index in [-0.39, 0.29) is 30.1 Å². The smallest absolute Gasteiger partial charge is 0.268 e. The van der Waals surface area contributed by atoms with Crippen molar-refractivity contribution in [2.75, 3.05) is 6.54 Å². The second kappa shape index (κ2) is 8.64. The van der Waals surface area contributed by atoms with E-state index in [4.69, 9.17) is 11.6 Å². The molecule has 1 aromatic carbocycles. The molecule has 2 heterocycles. The molecule has 1 N–H and O–H groups in total. The molecule has 0 saturated heterocycles. The second-order valence-electron chi connectivity index (χ2n) is 6.97. The molecule has 0 bridgehead atoms. The molecule has 0 spiro atoms. The molecular formula is C19H21ClF3N5O2S. The molecular weight excluding hydrogens is 455 g/mol. The maximum Gasteiger partial charge on any atom is 0.436 e. The number of hydrogen-bond acceptors (Lipinski definition) is 4. The number of rotatable bonds is 7. The number of alkyl halides is 3. The van der Waals surface area contributed by atoms with E-state index in [1.807, 2.05) is 30.3 Å². The molecule has 0 saturated carbocycles. The van der Waals surface area contributed by atoms with Gasteiger partial charge in [-0.05, 0) is 39.3 Å². The maximum atomic E-state index is 12.9. The van der Waals surface area contributed by atoms with E-state index in [9.17, 15) is 21.6 Å². The molecule has 0 aliphatic heterocycles. The molecule has 3 aromatic rings.